The standard InChI is InChI=1S/C12H17NO3/c1-4-5-6-9-8-13-10(12(14)16-3)7-11(9)15-2/h7-8H,4-6H2,1-3H3. The number of unbranched alkanes of at least 4 members (excludes halogenated alkanes) is 1. The zero-order valence-corrected chi connectivity index (χ0v) is 9.95. The first-order chi connectivity index (χ1) is 7.72. The number of methoxy groups -OCH3 is 2. The molecule has 1 heterocycles. The Balaban J connectivity index is 2.92. The molecule has 88 valence electrons. The first-order valence-electron chi connectivity index (χ1n) is 5.34. The van der Waals surface area contributed by atoms with E-state index in [1.807, 2.05) is 0 Å². The third kappa shape index (κ3) is 2.95. The van der Waals surface area contributed by atoms with Gasteiger partial charge in [0, 0.05) is 17.8 Å². The van der Waals surface area contributed by atoms with Crippen molar-refractivity contribution in [3.63, 3.8) is 0 Å². The molecule has 0 fully saturated rings. The van der Waals surface area contributed by atoms with Gasteiger partial charge in [0.1, 0.15) is 5.75 Å². The maximum Gasteiger partial charge on any atom is 0.356 e. The van der Waals surface area contributed by atoms with Gasteiger partial charge in [-0.05, 0) is 12.8 Å². The Hall–Kier alpha value is -1.58. The maximum atomic E-state index is 11.3. The Kier molecular flexibility index (Phi) is 4.76. The van der Waals surface area contributed by atoms with Crippen LogP contribution in [0.5, 0.6) is 5.75 Å². The molecule has 0 aliphatic rings. The molecule has 4 nitrogen and oxygen atoms in total. The minimum atomic E-state index is -0.444. The van der Waals surface area contributed by atoms with Crippen LogP contribution in [0.4, 0.5) is 0 Å². The van der Waals surface area contributed by atoms with Gasteiger partial charge in [0.2, 0.25) is 0 Å². The number of ether oxygens (including phenoxy) is 2. The van der Waals surface area contributed by atoms with Gasteiger partial charge in [-0.3, -0.25) is 0 Å². The zero-order chi connectivity index (χ0) is 12.0. The van der Waals surface area contributed by atoms with Crippen LogP contribution >= 0.6 is 0 Å². The Bertz CT molecular complexity index is 363. The summed E-state index contributed by atoms with van der Waals surface area (Å²) >= 11 is 0. The fraction of sp³-hybridized carbons (Fsp3) is 0.500. The quantitative estimate of drug-likeness (QED) is 0.718. The van der Waals surface area contributed by atoms with Crippen molar-refractivity contribution in [2.24, 2.45) is 0 Å². The van der Waals surface area contributed by atoms with Crippen molar-refractivity contribution < 1.29 is 14.3 Å². The highest BCUT2D eigenvalue weighted by atomic mass is 16.5. The van der Waals surface area contributed by atoms with Gasteiger partial charge in [-0.25, -0.2) is 9.78 Å². The largest absolute Gasteiger partial charge is 0.496 e. The molecule has 0 saturated heterocycles. The topological polar surface area (TPSA) is 48.4 Å². The van der Waals surface area contributed by atoms with Crippen molar-refractivity contribution in [3.05, 3.63) is 23.5 Å². The van der Waals surface area contributed by atoms with E-state index in [4.69, 9.17) is 4.74 Å². The van der Waals surface area contributed by atoms with Crippen LogP contribution in [0.3, 0.4) is 0 Å². The fourth-order valence-electron chi connectivity index (χ4n) is 1.43. The summed E-state index contributed by atoms with van der Waals surface area (Å²) < 4.78 is 9.83. The molecule has 0 bridgehead atoms. The lowest BCUT2D eigenvalue weighted by Gasteiger charge is -2.08. The molecule has 0 aromatic carbocycles. The maximum absolute atomic E-state index is 11.3. The molecular weight excluding hydrogens is 206 g/mol. The molecule has 0 unspecified atom stereocenters. The summed E-state index contributed by atoms with van der Waals surface area (Å²) in [5, 5.41) is 0. The average molecular weight is 223 g/mol. The van der Waals surface area contributed by atoms with E-state index in [1.165, 1.54) is 7.11 Å². The number of rotatable bonds is 5. The molecule has 4 heteroatoms. The number of carbonyl (C=O) groups is 1. The van der Waals surface area contributed by atoms with E-state index >= 15 is 0 Å². The molecule has 0 aliphatic heterocycles. The minimum absolute atomic E-state index is 0.277. The first-order valence-corrected chi connectivity index (χ1v) is 5.34. The Labute approximate surface area is 95.6 Å². The van der Waals surface area contributed by atoms with E-state index in [1.54, 1.807) is 19.4 Å². The van der Waals surface area contributed by atoms with Gasteiger partial charge in [0.05, 0.1) is 14.2 Å². The van der Waals surface area contributed by atoms with Gasteiger partial charge in [-0.2, -0.15) is 0 Å². The second kappa shape index (κ2) is 6.10. The molecule has 0 N–H and O–H groups in total. The second-order valence-corrected chi connectivity index (χ2v) is 3.48. The molecule has 1 aromatic rings. The number of pyridine rings is 1. The molecule has 0 aliphatic carbocycles. The molecule has 0 atom stereocenters. The van der Waals surface area contributed by atoms with Crippen LogP contribution in [0.25, 0.3) is 0 Å². The molecule has 0 amide bonds. The van der Waals surface area contributed by atoms with Crippen LogP contribution in [0.15, 0.2) is 12.3 Å². The van der Waals surface area contributed by atoms with E-state index in [2.05, 4.69) is 16.6 Å². The Morgan fingerprint density at radius 2 is 2.19 bits per heavy atom. The lowest BCUT2D eigenvalue weighted by atomic mass is 10.1. The van der Waals surface area contributed by atoms with Crippen LogP contribution in [0, 0.1) is 0 Å². The number of nitrogens with zero attached hydrogens (tertiary/aromatic N) is 1. The van der Waals surface area contributed by atoms with Crippen molar-refractivity contribution in [2.45, 2.75) is 26.2 Å². The minimum Gasteiger partial charge on any atom is -0.496 e. The average Bonchev–Trinajstić information content (AvgIpc) is 2.35. The summed E-state index contributed by atoms with van der Waals surface area (Å²) in [6.45, 7) is 2.13. The third-order valence-corrected chi connectivity index (χ3v) is 2.36. The van der Waals surface area contributed by atoms with Crippen LogP contribution in [-0.4, -0.2) is 25.2 Å². The molecule has 0 spiro atoms. The summed E-state index contributed by atoms with van der Waals surface area (Å²) in [6.07, 6.45) is 4.78. The van der Waals surface area contributed by atoms with E-state index in [-0.39, 0.29) is 5.69 Å². The molecule has 1 aromatic heterocycles. The van der Waals surface area contributed by atoms with Gasteiger partial charge in [0.25, 0.3) is 0 Å². The number of esters is 1. The highest BCUT2D eigenvalue weighted by molar-refractivity contribution is 5.87. The molecule has 0 radical (unpaired) electrons. The highest BCUT2D eigenvalue weighted by Crippen LogP contribution is 2.20. The summed E-state index contributed by atoms with van der Waals surface area (Å²) in [5.74, 6) is 0.254. The molecule has 16 heavy (non-hydrogen) atoms. The number of aromatic nitrogens is 1. The number of hydrogen-bond acceptors (Lipinski definition) is 4. The van der Waals surface area contributed by atoms with E-state index in [0.29, 0.717) is 5.75 Å². The predicted octanol–water partition coefficient (Wildman–Crippen LogP) is 2.22. The first kappa shape index (κ1) is 12.5. The monoisotopic (exact) mass is 223 g/mol. The van der Waals surface area contributed by atoms with Crippen molar-refractivity contribution in [3.8, 4) is 5.75 Å². The van der Waals surface area contributed by atoms with Crippen LogP contribution < -0.4 is 4.74 Å². The lowest BCUT2D eigenvalue weighted by Crippen LogP contribution is -2.06. The van der Waals surface area contributed by atoms with E-state index in [0.717, 1.165) is 24.8 Å². The van der Waals surface area contributed by atoms with Gasteiger partial charge >= 0.3 is 5.97 Å². The van der Waals surface area contributed by atoms with Crippen LogP contribution in [0.2, 0.25) is 0 Å². The predicted molar refractivity (Wildman–Crippen MR) is 60.7 cm³/mol. The van der Waals surface area contributed by atoms with Crippen LogP contribution in [-0.2, 0) is 11.2 Å². The normalized spacial score (nSPS) is 9.94. The third-order valence-electron chi connectivity index (χ3n) is 2.36. The van der Waals surface area contributed by atoms with Gasteiger partial charge < -0.3 is 9.47 Å². The van der Waals surface area contributed by atoms with Crippen molar-refractivity contribution in [1.82, 2.24) is 4.98 Å². The van der Waals surface area contributed by atoms with Crippen molar-refractivity contribution >= 4 is 5.97 Å². The smallest absolute Gasteiger partial charge is 0.356 e. The molecule has 0 saturated carbocycles. The summed E-state index contributed by atoms with van der Waals surface area (Å²) in [7, 11) is 2.92. The van der Waals surface area contributed by atoms with Gasteiger partial charge in [-0.15, -0.1) is 0 Å². The Morgan fingerprint density at radius 1 is 1.44 bits per heavy atom. The number of aryl methyl sites for hydroxylation is 1. The summed E-state index contributed by atoms with van der Waals surface area (Å²) in [5.41, 5.74) is 1.30. The SMILES string of the molecule is CCCCc1cnc(C(=O)OC)cc1OC. The number of hydrogen-bond donors (Lipinski definition) is 0. The summed E-state index contributed by atoms with van der Waals surface area (Å²) in [4.78, 5) is 15.3. The fourth-order valence-corrected chi connectivity index (χ4v) is 1.43. The van der Waals surface area contributed by atoms with Crippen molar-refractivity contribution in [1.29, 1.82) is 0 Å². The van der Waals surface area contributed by atoms with Crippen LogP contribution in [0.1, 0.15) is 35.8 Å². The molecule has 1 rings (SSSR count). The van der Waals surface area contributed by atoms with Gasteiger partial charge in [0.15, 0.2) is 5.69 Å². The van der Waals surface area contributed by atoms with E-state index in [9.17, 15) is 4.79 Å². The zero-order valence-electron chi connectivity index (χ0n) is 9.95. The summed E-state index contributed by atoms with van der Waals surface area (Å²) in [6, 6.07) is 1.62. The van der Waals surface area contributed by atoms with Gasteiger partial charge in [-0.1, -0.05) is 13.3 Å². The highest BCUT2D eigenvalue weighted by Gasteiger charge is 2.11. The molecular formula is C12H17NO3. The Morgan fingerprint density at radius 3 is 2.75 bits per heavy atom. The van der Waals surface area contributed by atoms with Crippen molar-refractivity contribution in [2.75, 3.05) is 14.2 Å². The lowest BCUT2D eigenvalue weighted by molar-refractivity contribution is 0.0593. The second-order valence-electron chi connectivity index (χ2n) is 3.48. The van der Waals surface area contributed by atoms with E-state index < -0.39 is 5.97 Å². The number of carbonyl (C=O) groups excluding carboxylic acids is 1.